The predicted molar refractivity (Wildman–Crippen MR) is 109 cm³/mol. The minimum atomic E-state index is -0.233. The molecule has 0 fully saturated rings. The van der Waals surface area contributed by atoms with E-state index in [0.29, 0.717) is 10.8 Å². The van der Waals surface area contributed by atoms with Gasteiger partial charge in [0, 0.05) is 22.7 Å². The zero-order chi connectivity index (χ0) is 18.9. The van der Waals surface area contributed by atoms with E-state index >= 15 is 0 Å². The molecule has 0 unspecified atom stereocenters. The third-order valence-electron chi connectivity index (χ3n) is 3.69. The second-order valence-electron chi connectivity index (χ2n) is 5.55. The molecule has 0 aliphatic carbocycles. The van der Waals surface area contributed by atoms with Crippen molar-refractivity contribution < 1.29 is 9.53 Å². The number of rotatable bonds is 5. The molecule has 0 bridgehead atoms. The number of para-hydroxylation sites is 1. The summed E-state index contributed by atoms with van der Waals surface area (Å²) in [5.41, 5.74) is 1.59. The number of halogens is 1. The molecule has 0 spiro atoms. The van der Waals surface area contributed by atoms with Crippen LogP contribution in [-0.2, 0) is 4.79 Å². The van der Waals surface area contributed by atoms with Crippen LogP contribution in [0, 0.1) is 11.8 Å². The third-order valence-corrected chi connectivity index (χ3v) is 4.04. The fraction of sp³-hybridized carbons (Fsp3) is 0.0909. The molecule has 1 heterocycles. The lowest BCUT2D eigenvalue weighted by Gasteiger charge is -2.05. The van der Waals surface area contributed by atoms with Crippen LogP contribution in [0.2, 0.25) is 5.02 Å². The van der Waals surface area contributed by atoms with Crippen molar-refractivity contribution in [3.8, 4) is 17.6 Å². The van der Waals surface area contributed by atoms with Gasteiger partial charge < -0.3 is 10.1 Å². The Kier molecular flexibility index (Phi) is 6.45. The standard InChI is InChI=1S/C22H17ClN2O2/c23-19-10-2-1-7-17(19)12-13-21(26)24-14-3-4-16-27-20-11-5-8-18-9-6-15-25-22(18)20/h1-2,5-13,15H,14,16H2,(H,24,26)/b13-12+. The fourth-order valence-electron chi connectivity index (χ4n) is 2.39. The lowest BCUT2D eigenvalue weighted by molar-refractivity contribution is -0.116. The number of hydrogen-bond donors (Lipinski definition) is 1. The zero-order valence-corrected chi connectivity index (χ0v) is 15.2. The minimum Gasteiger partial charge on any atom is -0.479 e. The minimum absolute atomic E-state index is 0.223. The van der Waals surface area contributed by atoms with Crippen molar-refractivity contribution in [3.05, 3.63) is 77.5 Å². The molecule has 5 heteroatoms. The number of pyridine rings is 1. The third kappa shape index (κ3) is 5.34. The van der Waals surface area contributed by atoms with E-state index < -0.39 is 0 Å². The van der Waals surface area contributed by atoms with E-state index in [-0.39, 0.29) is 19.1 Å². The first-order chi connectivity index (χ1) is 13.2. The Hall–Kier alpha value is -3.29. The van der Waals surface area contributed by atoms with E-state index in [1.807, 2.05) is 48.5 Å². The zero-order valence-electron chi connectivity index (χ0n) is 14.5. The van der Waals surface area contributed by atoms with Crippen molar-refractivity contribution in [2.75, 3.05) is 13.2 Å². The summed E-state index contributed by atoms with van der Waals surface area (Å²) in [5, 5.41) is 4.30. The van der Waals surface area contributed by atoms with Crippen LogP contribution in [0.3, 0.4) is 0 Å². The molecule has 27 heavy (non-hydrogen) atoms. The van der Waals surface area contributed by atoms with Crippen LogP contribution in [0.1, 0.15) is 5.56 Å². The maximum absolute atomic E-state index is 11.8. The Morgan fingerprint density at radius 3 is 2.85 bits per heavy atom. The van der Waals surface area contributed by atoms with Crippen LogP contribution in [-0.4, -0.2) is 24.0 Å². The predicted octanol–water partition coefficient (Wildman–Crippen LogP) is 4.10. The fourth-order valence-corrected chi connectivity index (χ4v) is 2.58. The average Bonchev–Trinajstić information content (AvgIpc) is 2.70. The van der Waals surface area contributed by atoms with E-state index in [4.69, 9.17) is 16.3 Å². The molecule has 134 valence electrons. The molecule has 0 aliphatic rings. The van der Waals surface area contributed by atoms with E-state index in [1.54, 1.807) is 18.3 Å². The van der Waals surface area contributed by atoms with E-state index in [9.17, 15) is 4.79 Å². The summed E-state index contributed by atoms with van der Waals surface area (Å²) >= 11 is 6.03. The molecule has 4 nitrogen and oxygen atoms in total. The number of ether oxygens (including phenoxy) is 1. The summed E-state index contributed by atoms with van der Waals surface area (Å²) < 4.78 is 5.67. The van der Waals surface area contributed by atoms with Gasteiger partial charge in [-0.15, -0.1) is 0 Å². The Morgan fingerprint density at radius 2 is 1.96 bits per heavy atom. The number of aromatic nitrogens is 1. The van der Waals surface area contributed by atoms with Gasteiger partial charge in [0.05, 0.1) is 6.54 Å². The molecule has 0 radical (unpaired) electrons. The van der Waals surface area contributed by atoms with Crippen molar-refractivity contribution in [2.24, 2.45) is 0 Å². The Bertz CT molecular complexity index is 1030. The smallest absolute Gasteiger partial charge is 0.244 e. The number of fused-ring (bicyclic) bond motifs is 1. The number of carbonyl (C=O) groups is 1. The van der Waals surface area contributed by atoms with Crippen LogP contribution in [0.15, 0.2) is 66.9 Å². The van der Waals surface area contributed by atoms with Gasteiger partial charge in [-0.25, -0.2) is 0 Å². The van der Waals surface area contributed by atoms with E-state index in [0.717, 1.165) is 16.5 Å². The van der Waals surface area contributed by atoms with Crippen LogP contribution >= 0.6 is 11.6 Å². The van der Waals surface area contributed by atoms with Crippen LogP contribution in [0.5, 0.6) is 5.75 Å². The second kappa shape index (κ2) is 9.42. The molecule has 0 saturated carbocycles. The molecule has 2 aromatic carbocycles. The molecular weight excluding hydrogens is 360 g/mol. The van der Waals surface area contributed by atoms with Gasteiger partial charge in [-0.3, -0.25) is 9.78 Å². The Labute approximate surface area is 162 Å². The van der Waals surface area contributed by atoms with Crippen LogP contribution in [0.25, 0.3) is 17.0 Å². The van der Waals surface area contributed by atoms with Crippen LogP contribution < -0.4 is 10.1 Å². The Balaban J connectivity index is 1.45. The molecule has 1 N–H and O–H groups in total. The summed E-state index contributed by atoms with van der Waals surface area (Å²) in [4.78, 5) is 16.1. The topological polar surface area (TPSA) is 51.2 Å². The molecular formula is C22H17ClN2O2. The lowest BCUT2D eigenvalue weighted by atomic mass is 10.2. The second-order valence-corrected chi connectivity index (χ2v) is 5.95. The maximum Gasteiger partial charge on any atom is 0.244 e. The molecule has 0 atom stereocenters. The highest BCUT2D eigenvalue weighted by Gasteiger charge is 2.01. The first-order valence-corrected chi connectivity index (χ1v) is 8.74. The molecule has 1 amide bonds. The number of hydrogen-bond acceptors (Lipinski definition) is 3. The van der Waals surface area contributed by atoms with Crippen molar-refractivity contribution in [1.82, 2.24) is 10.3 Å². The normalized spacial score (nSPS) is 10.4. The van der Waals surface area contributed by atoms with Gasteiger partial charge in [0.1, 0.15) is 17.9 Å². The van der Waals surface area contributed by atoms with Gasteiger partial charge in [0.25, 0.3) is 0 Å². The van der Waals surface area contributed by atoms with Crippen molar-refractivity contribution in [3.63, 3.8) is 0 Å². The van der Waals surface area contributed by atoms with Crippen molar-refractivity contribution in [1.29, 1.82) is 0 Å². The Morgan fingerprint density at radius 1 is 1.11 bits per heavy atom. The largest absolute Gasteiger partial charge is 0.479 e. The number of amides is 1. The van der Waals surface area contributed by atoms with Crippen LogP contribution in [0.4, 0.5) is 0 Å². The highest BCUT2D eigenvalue weighted by Crippen LogP contribution is 2.22. The molecule has 0 aliphatic heterocycles. The monoisotopic (exact) mass is 376 g/mol. The van der Waals surface area contributed by atoms with Gasteiger partial charge in [0.2, 0.25) is 5.91 Å². The highest BCUT2D eigenvalue weighted by molar-refractivity contribution is 6.32. The lowest BCUT2D eigenvalue weighted by Crippen LogP contribution is -2.21. The van der Waals surface area contributed by atoms with E-state index in [1.165, 1.54) is 6.08 Å². The number of carbonyl (C=O) groups excluding carboxylic acids is 1. The summed E-state index contributed by atoms with van der Waals surface area (Å²) in [6.45, 7) is 0.462. The van der Waals surface area contributed by atoms with Crippen molar-refractivity contribution in [2.45, 2.75) is 0 Å². The first kappa shape index (κ1) is 18.5. The van der Waals surface area contributed by atoms with Gasteiger partial charge in [0.15, 0.2) is 0 Å². The molecule has 3 aromatic rings. The molecule has 3 rings (SSSR count). The summed E-state index contributed by atoms with van der Waals surface area (Å²) in [6, 6.07) is 16.9. The van der Waals surface area contributed by atoms with Gasteiger partial charge in [-0.05, 0) is 29.8 Å². The summed E-state index contributed by atoms with van der Waals surface area (Å²) in [6.07, 6.45) is 4.83. The maximum atomic E-state index is 11.8. The van der Waals surface area contributed by atoms with E-state index in [2.05, 4.69) is 22.1 Å². The van der Waals surface area contributed by atoms with Gasteiger partial charge >= 0.3 is 0 Å². The quantitative estimate of drug-likeness (QED) is 0.538. The average molecular weight is 377 g/mol. The summed E-state index contributed by atoms with van der Waals surface area (Å²) in [5.74, 6) is 6.19. The number of nitrogens with one attached hydrogen (secondary N) is 1. The van der Waals surface area contributed by atoms with Gasteiger partial charge in [-0.1, -0.05) is 59.8 Å². The molecule has 1 aromatic heterocycles. The first-order valence-electron chi connectivity index (χ1n) is 8.37. The number of benzene rings is 2. The molecule has 0 saturated heterocycles. The number of nitrogens with zero attached hydrogens (tertiary/aromatic N) is 1. The van der Waals surface area contributed by atoms with Gasteiger partial charge in [-0.2, -0.15) is 0 Å². The SMILES string of the molecule is O=C(/C=C/c1ccccc1Cl)NCC#CCOc1cccc2cccnc12. The summed E-state index contributed by atoms with van der Waals surface area (Å²) in [7, 11) is 0. The highest BCUT2D eigenvalue weighted by atomic mass is 35.5. The van der Waals surface area contributed by atoms with Crippen molar-refractivity contribution >= 4 is 34.5 Å².